The number of likely N-dealkylation sites (tertiary alicyclic amines) is 2. The van der Waals surface area contributed by atoms with Crippen molar-refractivity contribution in [2.24, 2.45) is 5.92 Å². The van der Waals surface area contributed by atoms with Gasteiger partial charge < -0.3 is 24.8 Å². The van der Waals surface area contributed by atoms with Crippen molar-refractivity contribution in [3.8, 4) is 5.75 Å². The summed E-state index contributed by atoms with van der Waals surface area (Å²) in [4.78, 5) is 38.1. The minimum atomic E-state index is -0.636. The van der Waals surface area contributed by atoms with Gasteiger partial charge in [0, 0.05) is 62.8 Å². The number of piperidine rings is 1. The molecule has 0 aliphatic carbocycles. The highest BCUT2D eigenvalue weighted by Gasteiger charge is 2.33. The van der Waals surface area contributed by atoms with Crippen LogP contribution < -0.4 is 15.0 Å². The lowest BCUT2D eigenvalue weighted by Gasteiger charge is -2.41. The van der Waals surface area contributed by atoms with Gasteiger partial charge in [0.25, 0.3) is 0 Å². The highest BCUT2D eigenvalue weighted by atomic mass is 16.5. The van der Waals surface area contributed by atoms with Gasteiger partial charge in [-0.15, -0.1) is 0 Å². The zero-order valence-corrected chi connectivity index (χ0v) is 27.7. The Morgan fingerprint density at radius 3 is 2.22 bits per heavy atom. The molecule has 1 unspecified atom stereocenters. The van der Waals surface area contributed by atoms with Crippen molar-refractivity contribution in [1.82, 2.24) is 20.1 Å². The molecule has 8 nitrogen and oxygen atoms in total. The highest BCUT2D eigenvalue weighted by molar-refractivity contribution is 5.87. The first-order valence-electron chi connectivity index (χ1n) is 17.2. The Hall–Kier alpha value is -4.07. The Balaban J connectivity index is 1.22. The lowest BCUT2D eigenvalue weighted by atomic mass is 9.99. The lowest BCUT2D eigenvalue weighted by molar-refractivity contribution is -0.134. The molecule has 3 aromatic rings. The van der Waals surface area contributed by atoms with E-state index in [0.717, 1.165) is 81.6 Å². The first-order chi connectivity index (χ1) is 22.5. The van der Waals surface area contributed by atoms with Crippen LogP contribution in [0, 0.1) is 5.92 Å². The molecule has 46 heavy (non-hydrogen) atoms. The van der Waals surface area contributed by atoms with Crippen LogP contribution in [0.2, 0.25) is 0 Å². The summed E-state index contributed by atoms with van der Waals surface area (Å²) in [7, 11) is 0. The van der Waals surface area contributed by atoms with Crippen molar-refractivity contribution in [2.75, 3.05) is 37.6 Å². The number of amides is 3. The monoisotopic (exact) mass is 625 g/mol. The number of carbonyl (C=O) groups excluding carboxylic acids is 2. The third-order valence-electron chi connectivity index (χ3n) is 9.21. The van der Waals surface area contributed by atoms with Gasteiger partial charge in [-0.05, 0) is 80.0 Å². The maximum atomic E-state index is 14.0. The third-order valence-corrected chi connectivity index (χ3v) is 9.21. The Morgan fingerprint density at radius 2 is 1.57 bits per heavy atom. The molecule has 3 heterocycles. The number of anilines is 1. The van der Waals surface area contributed by atoms with Crippen molar-refractivity contribution in [3.05, 3.63) is 90.3 Å². The van der Waals surface area contributed by atoms with E-state index in [1.165, 1.54) is 5.69 Å². The molecule has 1 atom stereocenters. The van der Waals surface area contributed by atoms with E-state index in [4.69, 9.17) is 4.74 Å². The number of nitrogens with one attached hydrogen (secondary N) is 1. The summed E-state index contributed by atoms with van der Waals surface area (Å²) in [6.45, 7) is 8.86. The van der Waals surface area contributed by atoms with Crippen LogP contribution in [-0.2, 0) is 17.8 Å². The van der Waals surface area contributed by atoms with Gasteiger partial charge >= 0.3 is 6.03 Å². The van der Waals surface area contributed by atoms with Crippen molar-refractivity contribution < 1.29 is 14.3 Å². The molecule has 1 N–H and O–H groups in total. The summed E-state index contributed by atoms with van der Waals surface area (Å²) in [6, 6.07) is 24.0. The number of nitrogens with zero attached hydrogens (tertiary/aromatic N) is 4. The molecule has 2 fully saturated rings. The van der Waals surface area contributed by atoms with Crippen LogP contribution in [0.3, 0.4) is 0 Å². The van der Waals surface area contributed by atoms with Crippen LogP contribution in [0.1, 0.15) is 70.1 Å². The predicted octanol–water partition coefficient (Wildman–Crippen LogP) is 6.70. The van der Waals surface area contributed by atoms with E-state index >= 15 is 0 Å². The smallest absolute Gasteiger partial charge is 0.318 e. The van der Waals surface area contributed by atoms with Gasteiger partial charge in [-0.25, -0.2) is 4.79 Å². The van der Waals surface area contributed by atoms with E-state index < -0.39 is 6.04 Å². The van der Waals surface area contributed by atoms with Gasteiger partial charge in [0.15, 0.2) is 0 Å². The number of benzene rings is 2. The first kappa shape index (κ1) is 33.3. The van der Waals surface area contributed by atoms with Crippen LogP contribution in [0.25, 0.3) is 0 Å². The molecule has 2 aromatic carbocycles. The molecule has 5 rings (SSSR count). The van der Waals surface area contributed by atoms with E-state index in [2.05, 4.69) is 65.4 Å². The molecule has 2 aliphatic rings. The van der Waals surface area contributed by atoms with Gasteiger partial charge in [0.2, 0.25) is 5.91 Å². The topological polar surface area (TPSA) is 78.0 Å². The quantitative estimate of drug-likeness (QED) is 0.242. The number of ether oxygens (including phenoxy) is 1. The summed E-state index contributed by atoms with van der Waals surface area (Å²) in [5, 5.41) is 3.11. The summed E-state index contributed by atoms with van der Waals surface area (Å²) in [5.74, 6) is 1.44. The number of hydrogen-bond donors (Lipinski definition) is 1. The molecule has 0 bridgehead atoms. The molecule has 8 heteroatoms. The largest absolute Gasteiger partial charge is 0.489 e. The Morgan fingerprint density at radius 1 is 0.870 bits per heavy atom. The van der Waals surface area contributed by atoms with Crippen molar-refractivity contribution in [1.29, 1.82) is 0 Å². The van der Waals surface area contributed by atoms with Crippen LogP contribution in [0.4, 0.5) is 10.5 Å². The number of carbonyl (C=O) groups is 2. The SMILES string of the molecule is CC(C)CCN(c1ccc(OCc2ccccc2)cc1)C1CCN(C(=O)C(Cc2ccccn2)NC(=O)N2CCCCCC2)CC1. The average molecular weight is 626 g/mol. The fourth-order valence-corrected chi connectivity index (χ4v) is 6.46. The van der Waals surface area contributed by atoms with E-state index in [1.807, 2.05) is 46.2 Å². The Labute approximate surface area is 275 Å². The summed E-state index contributed by atoms with van der Waals surface area (Å²) in [6.07, 6.45) is 9.31. The molecular weight excluding hydrogens is 574 g/mol. The van der Waals surface area contributed by atoms with Crippen LogP contribution in [-0.4, -0.2) is 71.5 Å². The summed E-state index contributed by atoms with van der Waals surface area (Å²) < 4.78 is 6.05. The van der Waals surface area contributed by atoms with Crippen LogP contribution in [0.5, 0.6) is 5.75 Å². The standard InChI is InChI=1S/C38H51N5O3/c1-30(2)19-27-43(33-15-17-35(18-16-33)46-29-31-12-6-5-7-13-31)34-20-25-41(26-21-34)37(44)36(28-32-14-8-9-22-39-32)40-38(45)42-23-10-3-4-11-24-42/h5-9,12-18,22,30,34,36H,3-4,10-11,19-21,23-29H2,1-2H3,(H,40,45). The summed E-state index contributed by atoms with van der Waals surface area (Å²) >= 11 is 0. The van der Waals surface area contributed by atoms with E-state index in [0.29, 0.717) is 38.1 Å². The molecule has 0 radical (unpaired) electrons. The van der Waals surface area contributed by atoms with E-state index in [1.54, 1.807) is 6.20 Å². The predicted molar refractivity (Wildman–Crippen MR) is 184 cm³/mol. The summed E-state index contributed by atoms with van der Waals surface area (Å²) in [5.41, 5.74) is 3.15. The van der Waals surface area contributed by atoms with Crippen molar-refractivity contribution in [3.63, 3.8) is 0 Å². The average Bonchev–Trinajstić information content (AvgIpc) is 3.39. The maximum Gasteiger partial charge on any atom is 0.318 e. The van der Waals surface area contributed by atoms with Gasteiger partial charge in [0.1, 0.15) is 18.4 Å². The Kier molecular flexibility index (Phi) is 12.3. The van der Waals surface area contributed by atoms with E-state index in [-0.39, 0.29) is 11.9 Å². The van der Waals surface area contributed by atoms with Gasteiger partial charge in [-0.1, -0.05) is 63.1 Å². The number of pyridine rings is 1. The van der Waals surface area contributed by atoms with Gasteiger partial charge in [-0.2, -0.15) is 0 Å². The number of urea groups is 1. The fourth-order valence-electron chi connectivity index (χ4n) is 6.46. The highest BCUT2D eigenvalue weighted by Crippen LogP contribution is 2.28. The minimum Gasteiger partial charge on any atom is -0.489 e. The number of hydrogen-bond acceptors (Lipinski definition) is 5. The zero-order valence-electron chi connectivity index (χ0n) is 27.7. The lowest BCUT2D eigenvalue weighted by Crippen LogP contribution is -2.56. The maximum absolute atomic E-state index is 14.0. The molecule has 0 saturated carbocycles. The molecule has 0 spiro atoms. The van der Waals surface area contributed by atoms with Crippen molar-refractivity contribution >= 4 is 17.6 Å². The first-order valence-corrected chi connectivity index (χ1v) is 17.2. The molecule has 2 aliphatic heterocycles. The van der Waals surface area contributed by atoms with Crippen molar-refractivity contribution in [2.45, 2.75) is 83.9 Å². The minimum absolute atomic E-state index is 0.0130. The van der Waals surface area contributed by atoms with E-state index in [9.17, 15) is 9.59 Å². The molecule has 2 saturated heterocycles. The second kappa shape index (κ2) is 17.0. The molecular formula is C38H51N5O3. The molecule has 246 valence electrons. The molecule has 1 aromatic heterocycles. The molecule has 3 amide bonds. The third kappa shape index (κ3) is 9.71. The number of aromatic nitrogens is 1. The zero-order chi connectivity index (χ0) is 32.1. The van der Waals surface area contributed by atoms with Crippen LogP contribution in [0.15, 0.2) is 79.0 Å². The fraction of sp³-hybridized carbons (Fsp3) is 0.500. The van der Waals surface area contributed by atoms with Gasteiger partial charge in [-0.3, -0.25) is 9.78 Å². The second-order valence-electron chi connectivity index (χ2n) is 13.1. The van der Waals surface area contributed by atoms with Crippen LogP contribution >= 0.6 is 0 Å². The number of rotatable bonds is 12. The Bertz CT molecular complexity index is 1340. The normalized spacial score (nSPS) is 16.5. The second-order valence-corrected chi connectivity index (χ2v) is 13.1. The van der Waals surface area contributed by atoms with Gasteiger partial charge in [0.05, 0.1) is 0 Å².